The van der Waals surface area contributed by atoms with E-state index in [1.165, 1.54) is 0 Å². The fourth-order valence-electron chi connectivity index (χ4n) is 0.420. The molecule has 0 aliphatic rings. The largest absolute Gasteiger partial charge is 0.506 e. The molecule has 41 valence electrons. The minimum absolute atomic E-state index is 0.0931. The Morgan fingerprint density at radius 2 is 2.38 bits per heavy atom. The monoisotopic (exact) mass is 108 g/mol. The van der Waals surface area contributed by atoms with Gasteiger partial charge in [0.15, 0.2) is 0 Å². The molecule has 0 amide bonds. The zero-order valence-electron chi connectivity index (χ0n) is 4.55. The summed E-state index contributed by atoms with van der Waals surface area (Å²) < 4.78 is 0. The summed E-state index contributed by atoms with van der Waals surface area (Å²) in [5, 5.41) is 8.64. The second kappa shape index (κ2) is 1.82. The quantitative estimate of drug-likeness (QED) is 0.535. The molecule has 8 heavy (non-hydrogen) atoms. The maximum absolute atomic E-state index is 8.64. The van der Waals surface area contributed by atoms with Crippen LogP contribution in [0.4, 0.5) is 0 Å². The van der Waals surface area contributed by atoms with Gasteiger partial charge in [0.1, 0.15) is 11.9 Å². The van der Waals surface area contributed by atoms with Gasteiger partial charge in [-0.25, -0.2) is 4.98 Å². The molecule has 0 atom stereocenters. The SMILES string of the molecule is Cc1ccc(O)[c]n1. The molecular formula is C6H6NO. The van der Waals surface area contributed by atoms with E-state index in [1.807, 2.05) is 6.92 Å². The summed E-state index contributed by atoms with van der Waals surface area (Å²) in [7, 11) is 0. The second-order valence-corrected chi connectivity index (χ2v) is 1.58. The molecule has 1 radical (unpaired) electrons. The van der Waals surface area contributed by atoms with Gasteiger partial charge in [-0.05, 0) is 19.1 Å². The van der Waals surface area contributed by atoms with Crippen LogP contribution in [0.5, 0.6) is 5.75 Å². The van der Waals surface area contributed by atoms with Crippen molar-refractivity contribution in [2.75, 3.05) is 0 Å². The number of aryl methyl sites for hydroxylation is 1. The van der Waals surface area contributed by atoms with Crippen molar-refractivity contribution in [1.82, 2.24) is 4.98 Å². The Morgan fingerprint density at radius 1 is 1.62 bits per heavy atom. The Balaban J connectivity index is 3.03. The number of aromatic hydroxyl groups is 1. The van der Waals surface area contributed by atoms with Crippen molar-refractivity contribution in [3.63, 3.8) is 0 Å². The van der Waals surface area contributed by atoms with Gasteiger partial charge in [-0.3, -0.25) is 0 Å². The maximum Gasteiger partial charge on any atom is 0.143 e. The molecule has 1 N–H and O–H groups in total. The highest BCUT2D eigenvalue weighted by atomic mass is 16.3. The van der Waals surface area contributed by atoms with Gasteiger partial charge in [0.25, 0.3) is 0 Å². The summed E-state index contributed by atoms with van der Waals surface area (Å²) in [4.78, 5) is 3.70. The fourth-order valence-corrected chi connectivity index (χ4v) is 0.420. The first-order valence-corrected chi connectivity index (χ1v) is 2.33. The molecule has 2 nitrogen and oxygen atoms in total. The van der Waals surface area contributed by atoms with Crippen LogP contribution >= 0.6 is 0 Å². The van der Waals surface area contributed by atoms with Gasteiger partial charge in [0.05, 0.1) is 0 Å². The molecule has 2 heteroatoms. The lowest BCUT2D eigenvalue weighted by Crippen LogP contribution is -1.75. The number of nitrogens with zero attached hydrogens (tertiary/aromatic N) is 1. The molecule has 0 aliphatic carbocycles. The van der Waals surface area contributed by atoms with Crippen molar-refractivity contribution in [1.29, 1.82) is 0 Å². The molecule has 1 aromatic rings. The normalized spacial score (nSPS) is 9.12. The van der Waals surface area contributed by atoms with Crippen molar-refractivity contribution in [2.45, 2.75) is 6.92 Å². The van der Waals surface area contributed by atoms with E-state index in [2.05, 4.69) is 11.2 Å². The van der Waals surface area contributed by atoms with Crippen molar-refractivity contribution in [2.24, 2.45) is 0 Å². The average molecular weight is 108 g/mol. The van der Waals surface area contributed by atoms with Crippen molar-refractivity contribution in [3.8, 4) is 5.75 Å². The first-order chi connectivity index (χ1) is 3.79. The predicted molar refractivity (Wildman–Crippen MR) is 29.5 cm³/mol. The summed E-state index contributed by atoms with van der Waals surface area (Å²) in [6.07, 6.45) is 2.41. The smallest absolute Gasteiger partial charge is 0.143 e. The number of hydrogen-bond acceptors (Lipinski definition) is 2. The highest BCUT2D eigenvalue weighted by Crippen LogP contribution is 2.02. The van der Waals surface area contributed by atoms with Gasteiger partial charge in [0.2, 0.25) is 0 Å². The molecule has 1 heterocycles. The third-order valence-electron chi connectivity index (χ3n) is 0.829. The molecule has 0 saturated heterocycles. The Kier molecular flexibility index (Phi) is 1.16. The van der Waals surface area contributed by atoms with Crippen LogP contribution in [0.25, 0.3) is 0 Å². The van der Waals surface area contributed by atoms with E-state index >= 15 is 0 Å². The third-order valence-corrected chi connectivity index (χ3v) is 0.829. The average Bonchev–Trinajstić information content (AvgIpc) is 1.77. The molecule has 0 spiro atoms. The molecule has 0 aliphatic heterocycles. The number of aromatic nitrogens is 1. The van der Waals surface area contributed by atoms with E-state index in [-0.39, 0.29) is 5.75 Å². The van der Waals surface area contributed by atoms with Gasteiger partial charge in [-0.2, -0.15) is 0 Å². The minimum Gasteiger partial charge on any atom is -0.506 e. The van der Waals surface area contributed by atoms with E-state index in [0.717, 1.165) is 5.69 Å². The van der Waals surface area contributed by atoms with Gasteiger partial charge in [-0.1, -0.05) is 0 Å². The van der Waals surface area contributed by atoms with E-state index in [0.29, 0.717) is 0 Å². The summed E-state index contributed by atoms with van der Waals surface area (Å²) in [6, 6.07) is 3.29. The number of hydrogen-bond donors (Lipinski definition) is 1. The van der Waals surface area contributed by atoms with Crippen LogP contribution in [0.3, 0.4) is 0 Å². The van der Waals surface area contributed by atoms with Crippen LogP contribution in [0.1, 0.15) is 5.69 Å². The van der Waals surface area contributed by atoms with E-state index in [9.17, 15) is 0 Å². The summed E-state index contributed by atoms with van der Waals surface area (Å²) in [5.41, 5.74) is 0.864. The van der Waals surface area contributed by atoms with Crippen LogP contribution in [0.2, 0.25) is 0 Å². The van der Waals surface area contributed by atoms with Crippen LogP contribution in [0.15, 0.2) is 12.1 Å². The maximum atomic E-state index is 8.64. The van der Waals surface area contributed by atoms with Crippen LogP contribution in [-0.2, 0) is 0 Å². The van der Waals surface area contributed by atoms with Gasteiger partial charge < -0.3 is 5.11 Å². The van der Waals surface area contributed by atoms with Crippen molar-refractivity contribution in [3.05, 3.63) is 24.0 Å². The molecule has 1 rings (SSSR count). The van der Waals surface area contributed by atoms with Crippen LogP contribution < -0.4 is 0 Å². The topological polar surface area (TPSA) is 33.1 Å². The molecule has 0 fully saturated rings. The molecule has 0 aromatic carbocycles. The van der Waals surface area contributed by atoms with E-state index in [1.54, 1.807) is 12.1 Å². The zero-order valence-corrected chi connectivity index (χ0v) is 4.55. The van der Waals surface area contributed by atoms with Gasteiger partial charge in [0, 0.05) is 5.69 Å². The van der Waals surface area contributed by atoms with E-state index in [4.69, 9.17) is 5.11 Å². The highest BCUT2D eigenvalue weighted by molar-refractivity contribution is 5.15. The fraction of sp³-hybridized carbons (Fsp3) is 0.167. The molecule has 1 aromatic heterocycles. The van der Waals surface area contributed by atoms with E-state index < -0.39 is 0 Å². The lowest BCUT2D eigenvalue weighted by molar-refractivity contribution is 0.471. The third kappa shape index (κ3) is 0.964. The highest BCUT2D eigenvalue weighted by Gasteiger charge is 1.84. The molecular weight excluding hydrogens is 102 g/mol. The Bertz CT molecular complexity index is 147. The second-order valence-electron chi connectivity index (χ2n) is 1.58. The zero-order chi connectivity index (χ0) is 5.98. The lowest BCUT2D eigenvalue weighted by Gasteiger charge is -1.87. The van der Waals surface area contributed by atoms with Gasteiger partial charge in [-0.15, -0.1) is 0 Å². The Morgan fingerprint density at radius 3 is 2.75 bits per heavy atom. The predicted octanol–water partition coefficient (Wildman–Crippen LogP) is 0.896. The van der Waals surface area contributed by atoms with Crippen LogP contribution in [0, 0.1) is 13.1 Å². The number of pyridine rings is 1. The summed E-state index contributed by atoms with van der Waals surface area (Å²) in [5.74, 6) is 0.0931. The Hall–Kier alpha value is -1.05. The van der Waals surface area contributed by atoms with Crippen molar-refractivity contribution < 1.29 is 5.11 Å². The summed E-state index contributed by atoms with van der Waals surface area (Å²) >= 11 is 0. The van der Waals surface area contributed by atoms with Crippen LogP contribution in [-0.4, -0.2) is 10.1 Å². The standard InChI is InChI=1S/C6H6NO/c1-5-2-3-6(8)4-7-5/h2-3,8H,1H3. The molecule has 0 saturated carbocycles. The molecule has 0 bridgehead atoms. The first-order valence-electron chi connectivity index (χ1n) is 2.33. The minimum atomic E-state index is 0.0931. The number of rotatable bonds is 0. The van der Waals surface area contributed by atoms with Gasteiger partial charge >= 0.3 is 0 Å². The lowest BCUT2D eigenvalue weighted by atomic mass is 10.4. The molecule has 0 unspecified atom stereocenters. The Labute approximate surface area is 47.8 Å². The summed E-state index contributed by atoms with van der Waals surface area (Å²) in [6.45, 7) is 1.84. The first kappa shape index (κ1) is 5.09. The van der Waals surface area contributed by atoms with Crippen molar-refractivity contribution >= 4 is 0 Å².